The molecule has 12 rings (SSSR count). The van der Waals surface area contributed by atoms with Crippen LogP contribution in [0.5, 0.6) is 34.5 Å². The Kier molecular flexibility index (Phi) is 23.5. The Morgan fingerprint density at radius 1 is 0.396 bits per heavy atom. The van der Waals surface area contributed by atoms with Gasteiger partial charge in [0.15, 0.2) is 12.5 Å². The highest BCUT2D eigenvalue weighted by molar-refractivity contribution is 6.20. The average Bonchev–Trinajstić information content (AvgIpc) is 1.61. The van der Waals surface area contributed by atoms with Crippen molar-refractivity contribution in [2.45, 2.75) is 138 Å². The minimum atomic E-state index is -1.25. The standard InChI is InChI=1S/2C27H29NO6.C27H29NO5/c2*1-5-16(3)34-25-20-10-8-7-9-19(20)24(32-4)22-23(25)27(31)28(26(22)30)18-13-11-17(12-14-18)15-21(29)33-6-2;1-5-17(3)33-26-21-10-8-7-9-20(21)25(31-4)22-16-28(27(30)24(22)26)19-13-11-18(12-14-19)15-23(29)32-6-2/h7-14,16,27,31H,5-6,15H2,1-4H3;7-14,16,26,30H,5-6,15H2,1-4H3;7-14,17H,5-6,15-16H2,1-4H3. The number of carbonyl (C=O) groups excluding carboxylic acids is 6. The molecule has 0 fully saturated rings. The summed E-state index contributed by atoms with van der Waals surface area (Å²) in [4.78, 5) is 80.7. The lowest BCUT2D eigenvalue weighted by molar-refractivity contribution is -0.143. The molecule has 3 amide bonds. The molecule has 0 aromatic heterocycles. The van der Waals surface area contributed by atoms with Gasteiger partial charge in [-0.15, -0.1) is 0 Å². The number of hydrogen-bond donors (Lipinski definition) is 2. The zero-order chi connectivity index (χ0) is 72.3. The van der Waals surface area contributed by atoms with Gasteiger partial charge in [-0.2, -0.15) is 0 Å². The highest BCUT2D eigenvalue weighted by Crippen LogP contribution is 2.53. The topological polar surface area (TPSA) is 236 Å². The first kappa shape index (κ1) is 73.0. The molecule has 0 saturated heterocycles. The second kappa shape index (κ2) is 32.5. The Bertz CT molecular complexity index is 4470. The van der Waals surface area contributed by atoms with Crippen molar-refractivity contribution in [3.8, 4) is 34.5 Å². The second-order valence-electron chi connectivity index (χ2n) is 24.6. The molecule has 0 bridgehead atoms. The molecule has 0 spiro atoms. The smallest absolute Gasteiger partial charge is 0.310 e. The Hall–Kier alpha value is -10.7. The molecule has 9 aromatic carbocycles. The minimum absolute atomic E-state index is 0.0325. The lowest BCUT2D eigenvalue weighted by Gasteiger charge is -2.23. The Morgan fingerprint density at radius 2 is 0.703 bits per heavy atom. The summed E-state index contributed by atoms with van der Waals surface area (Å²) in [7, 11) is 4.68. The average molecular weight is 1370 g/mol. The number of rotatable bonds is 24. The molecule has 101 heavy (non-hydrogen) atoms. The first-order valence-corrected chi connectivity index (χ1v) is 34.2. The molecule has 2 N–H and O–H groups in total. The van der Waals surface area contributed by atoms with Crippen LogP contribution >= 0.6 is 0 Å². The van der Waals surface area contributed by atoms with Crippen molar-refractivity contribution in [3.63, 3.8) is 0 Å². The van der Waals surface area contributed by atoms with Crippen LogP contribution in [0.15, 0.2) is 146 Å². The molecule has 9 aromatic rings. The van der Waals surface area contributed by atoms with Crippen LogP contribution in [-0.4, -0.2) is 105 Å². The fourth-order valence-electron chi connectivity index (χ4n) is 12.7. The van der Waals surface area contributed by atoms with E-state index in [0.29, 0.717) is 100 Å². The van der Waals surface area contributed by atoms with E-state index in [2.05, 4.69) is 6.92 Å². The molecule has 5 atom stereocenters. The zero-order valence-corrected chi connectivity index (χ0v) is 59.2. The van der Waals surface area contributed by atoms with E-state index in [1.807, 2.05) is 132 Å². The summed E-state index contributed by atoms with van der Waals surface area (Å²) < 4.78 is 51.0. The number of esters is 3. The molecule has 20 nitrogen and oxygen atoms in total. The zero-order valence-electron chi connectivity index (χ0n) is 59.2. The molecule has 0 saturated carbocycles. The predicted octanol–water partition coefficient (Wildman–Crippen LogP) is 14.9. The maximum absolute atomic E-state index is 13.7. The van der Waals surface area contributed by atoms with E-state index < -0.39 is 12.5 Å². The van der Waals surface area contributed by atoms with Gasteiger partial charge >= 0.3 is 17.9 Å². The summed E-state index contributed by atoms with van der Waals surface area (Å²) in [5.74, 6) is 1.34. The van der Waals surface area contributed by atoms with Crippen LogP contribution in [0.3, 0.4) is 0 Å². The molecule has 3 aliphatic heterocycles. The van der Waals surface area contributed by atoms with Crippen LogP contribution in [0.4, 0.5) is 17.1 Å². The third kappa shape index (κ3) is 15.0. The lowest BCUT2D eigenvalue weighted by atomic mass is 9.98. The summed E-state index contributed by atoms with van der Waals surface area (Å²) >= 11 is 0. The number of amides is 3. The van der Waals surface area contributed by atoms with Crippen molar-refractivity contribution in [2.75, 3.05) is 55.8 Å². The summed E-state index contributed by atoms with van der Waals surface area (Å²) in [6, 6.07) is 44.2. The van der Waals surface area contributed by atoms with Gasteiger partial charge in [-0.05, 0) is 114 Å². The predicted molar refractivity (Wildman–Crippen MR) is 387 cm³/mol. The highest BCUT2D eigenvalue weighted by Gasteiger charge is 2.46. The monoisotopic (exact) mass is 1370 g/mol. The van der Waals surface area contributed by atoms with Crippen molar-refractivity contribution in [2.24, 2.45) is 0 Å². The van der Waals surface area contributed by atoms with Gasteiger partial charge in [-0.25, -0.2) is 0 Å². The van der Waals surface area contributed by atoms with Crippen molar-refractivity contribution in [1.82, 2.24) is 0 Å². The number of anilines is 3. The molecule has 3 aliphatic rings. The molecule has 5 unspecified atom stereocenters. The number of nitrogens with zero attached hydrogens (tertiary/aromatic N) is 3. The Morgan fingerprint density at radius 3 is 1.07 bits per heavy atom. The molecule has 20 heteroatoms. The minimum Gasteiger partial charge on any atom is -0.496 e. The second-order valence-corrected chi connectivity index (χ2v) is 24.6. The first-order chi connectivity index (χ1) is 48.8. The van der Waals surface area contributed by atoms with Crippen molar-refractivity contribution in [1.29, 1.82) is 0 Å². The van der Waals surface area contributed by atoms with Crippen LogP contribution < -0.4 is 43.1 Å². The summed E-state index contributed by atoms with van der Waals surface area (Å²) in [5, 5.41) is 27.6. The number of carbonyl (C=O) groups is 6. The highest BCUT2D eigenvalue weighted by atomic mass is 16.5. The van der Waals surface area contributed by atoms with Gasteiger partial charge in [-0.1, -0.05) is 130 Å². The summed E-state index contributed by atoms with van der Waals surface area (Å²) in [6.07, 6.45) is 0.0594. The van der Waals surface area contributed by atoms with Gasteiger partial charge < -0.3 is 57.7 Å². The van der Waals surface area contributed by atoms with Gasteiger partial charge in [0.25, 0.3) is 17.7 Å². The molecular formula is C81H87N3O17. The van der Waals surface area contributed by atoms with E-state index >= 15 is 0 Å². The van der Waals surface area contributed by atoms with E-state index in [-0.39, 0.29) is 73.2 Å². The number of aliphatic hydroxyl groups excluding tert-OH is 2. The molecule has 0 radical (unpaired) electrons. The number of benzene rings is 9. The van der Waals surface area contributed by atoms with Crippen molar-refractivity contribution < 1.29 is 81.6 Å². The summed E-state index contributed by atoms with van der Waals surface area (Å²) in [5.41, 5.74) is 6.88. The molecule has 3 heterocycles. The van der Waals surface area contributed by atoms with E-state index in [9.17, 15) is 39.0 Å². The normalized spacial score (nSPS) is 15.1. The SMILES string of the molecule is CCOC(=O)Cc1ccc(N2C(=O)c3c(c(OC(C)CC)c4ccccc4c3OC)C2O)cc1.CCOC(=O)Cc1ccc(N2C(=O)c3c(c(OC)c4ccccc4c3OC(C)CC)C2O)cc1.CCOC(=O)Cc1ccc(N2Cc3c(c(OC(C)CC)c4ccccc4c3OC)C2=O)cc1. The maximum atomic E-state index is 13.7. The number of fused-ring (bicyclic) bond motifs is 6. The fourth-order valence-corrected chi connectivity index (χ4v) is 12.7. The lowest BCUT2D eigenvalue weighted by Crippen LogP contribution is -2.27. The van der Waals surface area contributed by atoms with Crippen molar-refractivity contribution in [3.05, 3.63) is 196 Å². The Balaban J connectivity index is 0.000000163. The van der Waals surface area contributed by atoms with Crippen LogP contribution in [0.25, 0.3) is 32.3 Å². The molecule has 0 aliphatic carbocycles. The van der Waals surface area contributed by atoms with Crippen LogP contribution in [0.2, 0.25) is 0 Å². The number of hydrogen-bond acceptors (Lipinski definition) is 17. The van der Waals surface area contributed by atoms with Gasteiger partial charge in [0.05, 0.1) is 113 Å². The summed E-state index contributed by atoms with van der Waals surface area (Å²) in [6.45, 7) is 18.7. The molecular weight excluding hydrogens is 1290 g/mol. The van der Waals surface area contributed by atoms with Crippen LogP contribution in [-0.2, 0) is 54.4 Å². The third-order valence-corrected chi connectivity index (χ3v) is 18.1. The van der Waals surface area contributed by atoms with Gasteiger partial charge in [0.1, 0.15) is 34.5 Å². The van der Waals surface area contributed by atoms with Gasteiger partial charge in [0.2, 0.25) is 0 Å². The van der Waals surface area contributed by atoms with Crippen LogP contribution in [0.1, 0.15) is 158 Å². The maximum Gasteiger partial charge on any atom is 0.310 e. The fraction of sp³-hybridized carbons (Fsp3) is 0.333. The van der Waals surface area contributed by atoms with E-state index in [1.54, 1.807) is 81.3 Å². The van der Waals surface area contributed by atoms with E-state index in [0.717, 1.165) is 79.5 Å². The van der Waals surface area contributed by atoms with Gasteiger partial charge in [-0.3, -0.25) is 38.6 Å². The van der Waals surface area contributed by atoms with Gasteiger partial charge in [0, 0.05) is 54.9 Å². The number of aliphatic hydroxyl groups is 2. The molecule has 528 valence electrons. The first-order valence-electron chi connectivity index (χ1n) is 34.2. The van der Waals surface area contributed by atoms with E-state index in [4.69, 9.17) is 42.6 Å². The Labute approximate surface area is 588 Å². The number of ether oxygens (including phenoxy) is 9. The quantitative estimate of drug-likeness (QED) is 0.0422. The van der Waals surface area contributed by atoms with Crippen LogP contribution in [0, 0.1) is 0 Å². The van der Waals surface area contributed by atoms with Crippen molar-refractivity contribution >= 4 is 85.0 Å². The third-order valence-electron chi connectivity index (χ3n) is 18.1. The van der Waals surface area contributed by atoms with E-state index in [1.165, 1.54) is 24.0 Å². The largest absolute Gasteiger partial charge is 0.496 e. The number of methoxy groups -OCH3 is 3.